The molecule has 3 rings (SSSR count). The second-order valence-electron chi connectivity index (χ2n) is 8.54. The molecule has 10 heteroatoms. The van der Waals surface area contributed by atoms with E-state index in [1.165, 1.54) is 6.92 Å². The summed E-state index contributed by atoms with van der Waals surface area (Å²) in [5, 5.41) is 0. The molecule has 1 amide bonds. The van der Waals surface area contributed by atoms with Crippen molar-refractivity contribution in [2.75, 3.05) is 12.3 Å². The number of nitrogens with one attached hydrogen (secondary N) is 1. The fourth-order valence-corrected chi connectivity index (χ4v) is 4.88. The molecule has 0 spiro atoms. The lowest BCUT2D eigenvalue weighted by Crippen LogP contribution is -2.54. The Hall–Kier alpha value is -2.30. The zero-order valence-electron chi connectivity index (χ0n) is 18.5. The highest BCUT2D eigenvalue weighted by molar-refractivity contribution is 7.95. The molecule has 0 bridgehead atoms. The maximum atomic E-state index is 15.0. The second-order valence-corrected chi connectivity index (χ2v) is 10.6. The first-order valence-corrected chi connectivity index (χ1v) is 12.3. The van der Waals surface area contributed by atoms with Gasteiger partial charge in [-0.05, 0) is 46.4 Å². The maximum absolute atomic E-state index is 15.0. The number of halogens is 4. The Kier molecular flexibility index (Phi) is 7.30. The third-order valence-corrected chi connectivity index (χ3v) is 7.07. The zero-order valence-corrected chi connectivity index (χ0v) is 19.3. The smallest absolute Gasteiger partial charge is 0.288 e. The van der Waals surface area contributed by atoms with Crippen LogP contribution in [-0.2, 0) is 25.8 Å². The van der Waals surface area contributed by atoms with Crippen LogP contribution in [0.15, 0.2) is 42.5 Å². The van der Waals surface area contributed by atoms with E-state index in [9.17, 15) is 31.1 Å². The molecule has 0 saturated carbocycles. The van der Waals surface area contributed by atoms with Gasteiger partial charge in [0, 0.05) is 12.0 Å². The standard InChI is InChI=1S/C23H26F4N2O3S/c1-4-33(31,32)28-21-20(29(13-23(21,26)27)22(30)14(2)3)9-15-6-5-7-16(8-15)17-10-18(24)12-19(25)11-17/h5-8,10-12,14,20-21H,4,9,13H2,1-3H3,(H-,28,31,32)/p+1/t20-,21+/m0/s1. The Morgan fingerprint density at radius 3 is 2.39 bits per heavy atom. The Bertz CT molecular complexity index is 1060. The number of carbonyl (C=O) groups excluding carboxylic acids is 1. The van der Waals surface area contributed by atoms with Gasteiger partial charge >= 0.3 is 0 Å². The van der Waals surface area contributed by atoms with E-state index in [4.69, 9.17) is 0 Å². The van der Waals surface area contributed by atoms with Gasteiger partial charge in [0.05, 0.1) is 12.6 Å². The molecule has 0 aromatic heterocycles. The van der Waals surface area contributed by atoms with E-state index in [0.29, 0.717) is 11.1 Å². The highest BCUT2D eigenvalue weighted by Crippen LogP contribution is 2.36. The molecule has 180 valence electrons. The lowest BCUT2D eigenvalue weighted by Gasteiger charge is -2.28. The number of rotatable bonds is 7. The molecule has 1 unspecified atom stereocenters. The molecule has 1 fully saturated rings. The van der Waals surface area contributed by atoms with Crippen molar-refractivity contribution in [3.8, 4) is 11.1 Å². The van der Waals surface area contributed by atoms with E-state index in [1.54, 1.807) is 38.1 Å². The van der Waals surface area contributed by atoms with Crippen LogP contribution in [0.1, 0.15) is 26.3 Å². The topological polar surface area (TPSA) is 69.6 Å². The van der Waals surface area contributed by atoms with E-state index in [1.807, 2.05) is 0 Å². The summed E-state index contributed by atoms with van der Waals surface area (Å²) in [4.78, 5) is 13.8. The monoisotopic (exact) mass is 487 g/mol. The van der Waals surface area contributed by atoms with Crippen LogP contribution in [-0.4, -0.2) is 45.7 Å². The number of benzene rings is 2. The number of carbonyl (C=O) groups is 1. The molecular formula is C23H27F4N2O3S+. The average molecular weight is 488 g/mol. The fourth-order valence-electron chi connectivity index (χ4n) is 3.99. The average Bonchev–Trinajstić information content (AvgIpc) is 2.96. The Morgan fingerprint density at radius 1 is 1.18 bits per heavy atom. The highest BCUT2D eigenvalue weighted by Gasteiger charge is 2.59. The number of likely N-dealkylation sites (tertiary alicyclic amines) is 1. The molecule has 5 nitrogen and oxygen atoms in total. The van der Waals surface area contributed by atoms with Gasteiger partial charge in [0.2, 0.25) is 5.91 Å². The van der Waals surface area contributed by atoms with Crippen LogP contribution >= 0.6 is 0 Å². The van der Waals surface area contributed by atoms with Crippen molar-refractivity contribution in [2.45, 2.75) is 45.2 Å². The first kappa shape index (κ1) is 25.3. The van der Waals surface area contributed by atoms with Crippen molar-refractivity contribution in [3.05, 3.63) is 59.7 Å². The Labute approximate surface area is 191 Å². The first-order chi connectivity index (χ1) is 15.3. The largest absolute Gasteiger partial charge is 0.331 e. The minimum Gasteiger partial charge on any atom is -0.331 e. The molecule has 1 saturated heterocycles. The number of hydrogen-bond donors (Lipinski definition) is 2. The second kappa shape index (κ2) is 9.52. The molecule has 3 atom stereocenters. The van der Waals surface area contributed by atoms with Crippen molar-refractivity contribution in [3.63, 3.8) is 0 Å². The summed E-state index contributed by atoms with van der Waals surface area (Å²) in [6, 6.07) is 6.74. The quantitative estimate of drug-likeness (QED) is 0.445. The van der Waals surface area contributed by atoms with Crippen molar-refractivity contribution >= 4 is 16.3 Å². The molecule has 1 heterocycles. The fraction of sp³-hybridized carbons (Fsp3) is 0.435. The van der Waals surface area contributed by atoms with Crippen LogP contribution in [0.3, 0.4) is 0 Å². The van der Waals surface area contributed by atoms with E-state index in [0.717, 1.165) is 23.1 Å². The number of amides is 1. The van der Waals surface area contributed by atoms with Crippen LogP contribution in [0.4, 0.5) is 17.6 Å². The van der Waals surface area contributed by atoms with Crippen molar-refractivity contribution < 1.29 is 31.1 Å². The summed E-state index contributed by atoms with van der Waals surface area (Å²) in [5.41, 5.74) is 1.29. The van der Waals surface area contributed by atoms with Gasteiger partial charge in [0.15, 0.2) is 5.75 Å². The van der Waals surface area contributed by atoms with E-state index in [-0.39, 0.29) is 17.7 Å². The van der Waals surface area contributed by atoms with Crippen LogP contribution in [0.25, 0.3) is 11.1 Å². The summed E-state index contributed by atoms with van der Waals surface area (Å²) in [5.74, 6) is -6.24. The zero-order chi connectivity index (χ0) is 24.6. The van der Waals surface area contributed by atoms with Crippen LogP contribution in [0.2, 0.25) is 0 Å². The summed E-state index contributed by atoms with van der Waals surface area (Å²) in [7, 11) is -3.73. The molecular weight excluding hydrogens is 460 g/mol. The predicted molar refractivity (Wildman–Crippen MR) is 119 cm³/mol. The molecule has 1 aliphatic rings. The predicted octanol–water partition coefficient (Wildman–Crippen LogP) is 4.54. The first-order valence-electron chi connectivity index (χ1n) is 10.6. The minimum absolute atomic E-state index is 0.0451. The Balaban J connectivity index is 1.99. The third-order valence-electron chi connectivity index (χ3n) is 5.67. The van der Waals surface area contributed by atoms with Gasteiger partial charge in [-0.15, -0.1) is 0 Å². The molecule has 0 radical (unpaired) electrons. The maximum Gasteiger partial charge on any atom is 0.288 e. The lowest BCUT2D eigenvalue weighted by atomic mass is 9.95. The number of nitrogens with zero attached hydrogens (tertiary/aromatic N) is 1. The van der Waals surface area contributed by atoms with Crippen LogP contribution < -0.4 is 4.72 Å². The van der Waals surface area contributed by atoms with Crippen molar-refractivity contribution in [1.29, 1.82) is 0 Å². The van der Waals surface area contributed by atoms with Gasteiger partial charge in [-0.2, -0.15) is 4.55 Å². The van der Waals surface area contributed by atoms with Gasteiger partial charge in [-0.3, -0.25) is 4.79 Å². The molecule has 0 aliphatic carbocycles. The normalized spacial score (nSPS) is 21.9. The van der Waals surface area contributed by atoms with Crippen LogP contribution in [0, 0.1) is 17.6 Å². The van der Waals surface area contributed by atoms with Crippen molar-refractivity contribution in [1.82, 2.24) is 9.62 Å². The SMILES string of the molecule is CC[S+](=O)(O)N[C@@H]1[C@H](Cc2cccc(-c3cc(F)cc(F)c3)c2)N(C(=O)C(C)C)CC1(F)F. The molecule has 33 heavy (non-hydrogen) atoms. The lowest BCUT2D eigenvalue weighted by molar-refractivity contribution is -0.136. The number of alkyl halides is 2. The molecule has 2 aromatic carbocycles. The van der Waals surface area contributed by atoms with Crippen LogP contribution in [0.5, 0.6) is 0 Å². The van der Waals surface area contributed by atoms with Gasteiger partial charge in [-0.1, -0.05) is 42.8 Å². The van der Waals surface area contributed by atoms with Gasteiger partial charge in [0.1, 0.15) is 17.7 Å². The van der Waals surface area contributed by atoms with E-state index in [2.05, 4.69) is 4.72 Å². The van der Waals surface area contributed by atoms with E-state index >= 15 is 0 Å². The summed E-state index contributed by atoms with van der Waals surface area (Å²) in [6.45, 7) is 3.72. The molecule has 2 aromatic rings. The third kappa shape index (κ3) is 5.80. The van der Waals surface area contributed by atoms with Gasteiger partial charge in [-0.25, -0.2) is 17.6 Å². The Morgan fingerprint density at radius 2 is 1.82 bits per heavy atom. The van der Waals surface area contributed by atoms with Gasteiger partial charge < -0.3 is 4.90 Å². The summed E-state index contributed by atoms with van der Waals surface area (Å²) < 4.78 is 81.7. The van der Waals surface area contributed by atoms with Gasteiger partial charge in [0.25, 0.3) is 16.3 Å². The number of hydrogen-bond acceptors (Lipinski definition) is 2. The summed E-state index contributed by atoms with van der Waals surface area (Å²) >= 11 is 0. The van der Waals surface area contributed by atoms with Crippen molar-refractivity contribution in [2.24, 2.45) is 5.92 Å². The summed E-state index contributed by atoms with van der Waals surface area (Å²) in [6.07, 6.45) is -0.0451. The van der Waals surface area contributed by atoms with E-state index < -0.39 is 58.4 Å². The molecule has 2 N–H and O–H groups in total. The highest BCUT2D eigenvalue weighted by atomic mass is 32.3. The minimum atomic E-state index is -3.73. The molecule has 1 aliphatic heterocycles.